The summed E-state index contributed by atoms with van der Waals surface area (Å²) < 4.78 is 4.64. The summed E-state index contributed by atoms with van der Waals surface area (Å²) in [7, 11) is 3.38. The third-order valence-electron chi connectivity index (χ3n) is 2.75. The molecule has 0 aliphatic heterocycles. The lowest BCUT2D eigenvalue weighted by Gasteiger charge is -2.14. The zero-order chi connectivity index (χ0) is 14.5. The topological polar surface area (TPSA) is 55.3 Å². The van der Waals surface area contributed by atoms with Crippen molar-refractivity contribution in [1.82, 2.24) is 14.9 Å². The molecule has 0 N–H and O–H groups in total. The van der Waals surface area contributed by atoms with Crippen LogP contribution < -0.4 is 0 Å². The van der Waals surface area contributed by atoms with E-state index >= 15 is 0 Å². The molecule has 2 rings (SSSR count). The Morgan fingerprint density at radius 1 is 1.40 bits per heavy atom. The van der Waals surface area contributed by atoms with Gasteiger partial charge in [0.2, 0.25) is 0 Å². The molecule has 20 heavy (non-hydrogen) atoms. The third kappa shape index (κ3) is 3.85. The molecule has 0 saturated carbocycles. The first-order chi connectivity index (χ1) is 9.58. The van der Waals surface area contributed by atoms with Crippen molar-refractivity contribution in [3.8, 4) is 0 Å². The molecule has 0 unspecified atom stereocenters. The second kappa shape index (κ2) is 6.58. The fourth-order valence-electron chi connectivity index (χ4n) is 1.80. The van der Waals surface area contributed by atoms with Gasteiger partial charge < -0.3 is 4.74 Å². The maximum absolute atomic E-state index is 11.3. The largest absolute Gasteiger partial charge is 0.465 e. The van der Waals surface area contributed by atoms with Gasteiger partial charge in [0.15, 0.2) is 0 Å². The minimum absolute atomic E-state index is 0.365. The fraction of sp³-hybridized carbons (Fsp3) is 0.357. The van der Waals surface area contributed by atoms with Gasteiger partial charge in [-0.25, -0.2) is 9.78 Å². The Morgan fingerprint density at radius 2 is 2.20 bits per heavy atom. The summed E-state index contributed by atoms with van der Waals surface area (Å²) in [5, 5.41) is 3.14. The maximum atomic E-state index is 11.3. The Bertz CT molecular complexity index is 580. The molecule has 0 spiro atoms. The summed E-state index contributed by atoms with van der Waals surface area (Å²) in [6, 6.07) is 3.57. The lowest BCUT2D eigenvalue weighted by atomic mass is 10.2. The molecule has 0 saturated heterocycles. The van der Waals surface area contributed by atoms with Crippen LogP contribution in [0.3, 0.4) is 0 Å². The van der Waals surface area contributed by atoms with Gasteiger partial charge >= 0.3 is 5.97 Å². The summed E-state index contributed by atoms with van der Waals surface area (Å²) in [6.07, 6.45) is 1.54. The fourth-order valence-corrected chi connectivity index (χ4v) is 2.65. The molecule has 0 fully saturated rings. The van der Waals surface area contributed by atoms with Gasteiger partial charge in [-0.15, -0.1) is 11.3 Å². The molecule has 6 heteroatoms. The van der Waals surface area contributed by atoms with Crippen LogP contribution in [0.1, 0.15) is 26.8 Å². The smallest absolute Gasteiger partial charge is 0.339 e. The molecule has 2 aromatic heterocycles. The highest BCUT2D eigenvalue weighted by atomic mass is 32.1. The molecule has 0 atom stereocenters. The monoisotopic (exact) mass is 291 g/mol. The number of thiazole rings is 1. The number of aryl methyl sites for hydroxylation is 1. The number of aromatic nitrogens is 2. The van der Waals surface area contributed by atoms with Gasteiger partial charge in [0, 0.05) is 23.8 Å². The first-order valence-corrected chi connectivity index (χ1v) is 7.09. The van der Waals surface area contributed by atoms with Gasteiger partial charge in [-0.3, -0.25) is 9.88 Å². The summed E-state index contributed by atoms with van der Waals surface area (Å²) in [5.41, 5.74) is 2.43. The highest BCUT2D eigenvalue weighted by Gasteiger charge is 2.08. The van der Waals surface area contributed by atoms with Crippen LogP contribution in [-0.2, 0) is 17.8 Å². The number of carbonyl (C=O) groups excluding carboxylic acids is 1. The first kappa shape index (κ1) is 14.6. The number of carbonyl (C=O) groups is 1. The Kier molecular flexibility index (Phi) is 4.81. The van der Waals surface area contributed by atoms with Crippen LogP contribution in [0.15, 0.2) is 23.7 Å². The van der Waals surface area contributed by atoms with Gasteiger partial charge in [0.25, 0.3) is 0 Å². The highest BCUT2D eigenvalue weighted by Crippen LogP contribution is 2.12. The molecular formula is C14H17N3O2S. The van der Waals surface area contributed by atoms with E-state index in [9.17, 15) is 4.79 Å². The molecule has 0 amide bonds. The highest BCUT2D eigenvalue weighted by molar-refractivity contribution is 7.09. The number of rotatable bonds is 5. The van der Waals surface area contributed by atoms with Crippen LogP contribution in [0.2, 0.25) is 0 Å². The number of esters is 1. The van der Waals surface area contributed by atoms with Crippen LogP contribution >= 0.6 is 11.3 Å². The molecule has 0 aromatic carbocycles. The van der Waals surface area contributed by atoms with Crippen molar-refractivity contribution >= 4 is 17.3 Å². The number of hydrogen-bond acceptors (Lipinski definition) is 6. The lowest BCUT2D eigenvalue weighted by molar-refractivity contribution is 0.0600. The van der Waals surface area contributed by atoms with Crippen molar-refractivity contribution < 1.29 is 9.53 Å². The molecule has 0 aliphatic rings. The van der Waals surface area contributed by atoms with Crippen LogP contribution in [0, 0.1) is 6.92 Å². The average Bonchev–Trinajstić information content (AvgIpc) is 2.84. The minimum atomic E-state index is -0.365. The van der Waals surface area contributed by atoms with Crippen LogP contribution in [0.4, 0.5) is 0 Å². The zero-order valence-corrected chi connectivity index (χ0v) is 12.6. The molecule has 2 aromatic rings. The van der Waals surface area contributed by atoms with E-state index in [1.165, 1.54) is 7.11 Å². The van der Waals surface area contributed by atoms with Gasteiger partial charge in [-0.05, 0) is 26.1 Å². The quantitative estimate of drug-likeness (QED) is 0.791. The normalized spacial score (nSPS) is 10.8. The Balaban J connectivity index is 1.94. The SMILES string of the molecule is COC(=O)c1ccc(CN(C)Cc2nc(C)cs2)nc1. The molecular weight excluding hydrogens is 274 g/mol. The number of methoxy groups -OCH3 is 1. The number of pyridine rings is 1. The first-order valence-electron chi connectivity index (χ1n) is 6.21. The second-order valence-electron chi connectivity index (χ2n) is 4.58. The third-order valence-corrected chi connectivity index (χ3v) is 3.70. The van der Waals surface area contributed by atoms with Crippen molar-refractivity contribution in [2.45, 2.75) is 20.0 Å². The maximum Gasteiger partial charge on any atom is 0.339 e. The van der Waals surface area contributed by atoms with E-state index in [1.54, 1.807) is 23.6 Å². The second-order valence-corrected chi connectivity index (χ2v) is 5.53. The van der Waals surface area contributed by atoms with E-state index in [0.29, 0.717) is 12.1 Å². The molecule has 106 valence electrons. The van der Waals surface area contributed by atoms with Crippen molar-refractivity contribution in [3.63, 3.8) is 0 Å². The minimum Gasteiger partial charge on any atom is -0.465 e. The van der Waals surface area contributed by atoms with E-state index in [-0.39, 0.29) is 5.97 Å². The van der Waals surface area contributed by atoms with Gasteiger partial charge in [0.05, 0.1) is 24.9 Å². The summed E-state index contributed by atoms with van der Waals surface area (Å²) >= 11 is 1.66. The van der Waals surface area contributed by atoms with Gasteiger partial charge in [0.1, 0.15) is 5.01 Å². The molecule has 0 radical (unpaired) electrons. The summed E-state index contributed by atoms with van der Waals surface area (Å²) in [4.78, 5) is 22.2. The lowest BCUT2D eigenvalue weighted by Crippen LogP contribution is -2.18. The zero-order valence-electron chi connectivity index (χ0n) is 11.8. The van der Waals surface area contributed by atoms with E-state index in [4.69, 9.17) is 0 Å². The molecule has 5 nitrogen and oxygen atoms in total. The van der Waals surface area contributed by atoms with Gasteiger partial charge in [-0.2, -0.15) is 0 Å². The van der Waals surface area contributed by atoms with E-state index < -0.39 is 0 Å². The van der Waals surface area contributed by atoms with Gasteiger partial charge in [-0.1, -0.05) is 0 Å². The standard InChI is InChI=1S/C14H17N3O2S/c1-10-9-20-13(16-10)8-17(2)7-12-5-4-11(6-15-12)14(18)19-3/h4-6,9H,7-8H2,1-3H3. The van der Waals surface area contributed by atoms with Crippen molar-refractivity contribution in [2.24, 2.45) is 0 Å². The predicted octanol–water partition coefficient (Wildman–Crippen LogP) is 2.27. The van der Waals surface area contributed by atoms with Crippen molar-refractivity contribution in [3.05, 3.63) is 45.7 Å². The van der Waals surface area contributed by atoms with Crippen molar-refractivity contribution in [1.29, 1.82) is 0 Å². The summed E-state index contributed by atoms with van der Waals surface area (Å²) in [5.74, 6) is -0.365. The Hall–Kier alpha value is -1.79. The van der Waals surface area contributed by atoms with Crippen LogP contribution in [0.5, 0.6) is 0 Å². The Morgan fingerprint density at radius 3 is 2.75 bits per heavy atom. The van der Waals surface area contributed by atoms with E-state index in [0.717, 1.165) is 22.9 Å². The number of nitrogens with zero attached hydrogens (tertiary/aromatic N) is 3. The average molecular weight is 291 g/mol. The Labute approximate surface area is 122 Å². The predicted molar refractivity (Wildman–Crippen MR) is 77.6 cm³/mol. The van der Waals surface area contributed by atoms with E-state index in [1.807, 2.05) is 25.4 Å². The molecule has 0 aliphatic carbocycles. The van der Waals surface area contributed by atoms with E-state index in [2.05, 4.69) is 19.6 Å². The summed E-state index contributed by atoms with van der Waals surface area (Å²) in [6.45, 7) is 3.49. The van der Waals surface area contributed by atoms with Crippen molar-refractivity contribution in [2.75, 3.05) is 14.2 Å². The van der Waals surface area contributed by atoms with Crippen LogP contribution in [-0.4, -0.2) is 35.0 Å². The van der Waals surface area contributed by atoms with Crippen LogP contribution in [0.25, 0.3) is 0 Å². The number of ether oxygens (including phenoxy) is 1. The molecule has 0 bridgehead atoms. The number of hydrogen-bond donors (Lipinski definition) is 0. The molecule has 2 heterocycles.